The zero-order valence-corrected chi connectivity index (χ0v) is 11.9. The SMILES string of the molecule is CCC1CN(Cc2ccccc2)C[C@@H](C(C)C)N1. The van der Waals surface area contributed by atoms with Gasteiger partial charge in [-0.2, -0.15) is 0 Å². The molecule has 18 heavy (non-hydrogen) atoms. The highest BCUT2D eigenvalue weighted by atomic mass is 15.2. The summed E-state index contributed by atoms with van der Waals surface area (Å²) in [6.45, 7) is 10.3. The molecule has 1 unspecified atom stereocenters. The number of nitrogens with zero attached hydrogens (tertiary/aromatic N) is 1. The van der Waals surface area contributed by atoms with Crippen molar-refractivity contribution in [2.75, 3.05) is 13.1 Å². The van der Waals surface area contributed by atoms with Gasteiger partial charge in [-0.3, -0.25) is 4.90 Å². The van der Waals surface area contributed by atoms with Gasteiger partial charge in [-0.1, -0.05) is 51.1 Å². The first-order valence-electron chi connectivity index (χ1n) is 7.21. The first-order chi connectivity index (χ1) is 8.69. The van der Waals surface area contributed by atoms with E-state index in [-0.39, 0.29) is 0 Å². The van der Waals surface area contributed by atoms with E-state index in [4.69, 9.17) is 0 Å². The van der Waals surface area contributed by atoms with Gasteiger partial charge >= 0.3 is 0 Å². The topological polar surface area (TPSA) is 15.3 Å². The van der Waals surface area contributed by atoms with Crippen LogP contribution >= 0.6 is 0 Å². The molecule has 2 nitrogen and oxygen atoms in total. The molecule has 0 aliphatic carbocycles. The average Bonchev–Trinajstić information content (AvgIpc) is 2.39. The molecule has 0 spiro atoms. The zero-order chi connectivity index (χ0) is 13.0. The molecule has 0 radical (unpaired) electrons. The molecule has 2 rings (SSSR count). The van der Waals surface area contributed by atoms with E-state index < -0.39 is 0 Å². The molecule has 1 fully saturated rings. The first-order valence-corrected chi connectivity index (χ1v) is 7.21. The van der Waals surface area contributed by atoms with Gasteiger partial charge in [0, 0.05) is 31.7 Å². The van der Waals surface area contributed by atoms with Crippen molar-refractivity contribution in [3.63, 3.8) is 0 Å². The quantitative estimate of drug-likeness (QED) is 0.879. The molecular weight excluding hydrogens is 220 g/mol. The van der Waals surface area contributed by atoms with Crippen molar-refractivity contribution >= 4 is 0 Å². The third kappa shape index (κ3) is 3.56. The standard InChI is InChI=1S/C16H26N2/c1-4-15-11-18(12-16(17-15)13(2)3)10-14-8-6-5-7-9-14/h5-9,13,15-17H,4,10-12H2,1-3H3/t15?,16-/m0/s1. The van der Waals surface area contributed by atoms with Gasteiger partial charge in [0.2, 0.25) is 0 Å². The van der Waals surface area contributed by atoms with Gasteiger partial charge in [-0.15, -0.1) is 0 Å². The lowest BCUT2D eigenvalue weighted by Gasteiger charge is -2.40. The molecule has 1 aliphatic heterocycles. The van der Waals surface area contributed by atoms with Crippen LogP contribution in [0.1, 0.15) is 32.8 Å². The largest absolute Gasteiger partial charge is 0.308 e. The van der Waals surface area contributed by atoms with E-state index >= 15 is 0 Å². The minimum Gasteiger partial charge on any atom is -0.308 e. The normalized spacial score (nSPS) is 25.6. The molecule has 0 aromatic heterocycles. The lowest BCUT2D eigenvalue weighted by atomic mass is 9.98. The van der Waals surface area contributed by atoms with Gasteiger partial charge in [0.15, 0.2) is 0 Å². The van der Waals surface area contributed by atoms with Crippen molar-refractivity contribution in [1.82, 2.24) is 10.2 Å². The van der Waals surface area contributed by atoms with E-state index in [9.17, 15) is 0 Å². The van der Waals surface area contributed by atoms with Crippen LogP contribution in [0, 0.1) is 5.92 Å². The number of rotatable bonds is 4. The van der Waals surface area contributed by atoms with E-state index in [1.54, 1.807) is 0 Å². The molecule has 1 aromatic rings. The van der Waals surface area contributed by atoms with E-state index in [0.717, 1.165) is 6.54 Å². The highest BCUT2D eigenvalue weighted by Gasteiger charge is 2.26. The summed E-state index contributed by atoms with van der Waals surface area (Å²) in [5, 5.41) is 3.78. The van der Waals surface area contributed by atoms with E-state index in [2.05, 4.69) is 61.3 Å². The highest BCUT2D eigenvalue weighted by Crippen LogP contribution is 2.15. The molecule has 2 heteroatoms. The molecule has 1 heterocycles. The summed E-state index contributed by atoms with van der Waals surface area (Å²) in [7, 11) is 0. The molecule has 0 amide bonds. The van der Waals surface area contributed by atoms with Crippen molar-refractivity contribution in [2.24, 2.45) is 5.92 Å². The van der Waals surface area contributed by atoms with Gasteiger partial charge in [0.05, 0.1) is 0 Å². The molecule has 1 N–H and O–H groups in total. The Hall–Kier alpha value is -0.860. The van der Waals surface area contributed by atoms with Crippen LogP contribution in [0.2, 0.25) is 0 Å². The van der Waals surface area contributed by atoms with Gasteiger partial charge in [0.25, 0.3) is 0 Å². The van der Waals surface area contributed by atoms with Crippen LogP contribution in [0.15, 0.2) is 30.3 Å². The van der Waals surface area contributed by atoms with Crippen molar-refractivity contribution in [2.45, 2.75) is 45.8 Å². The van der Waals surface area contributed by atoms with Crippen LogP contribution in [-0.2, 0) is 6.54 Å². The van der Waals surface area contributed by atoms with E-state index in [1.165, 1.54) is 25.1 Å². The number of benzene rings is 1. The van der Waals surface area contributed by atoms with Crippen molar-refractivity contribution in [3.05, 3.63) is 35.9 Å². The Morgan fingerprint density at radius 3 is 2.56 bits per heavy atom. The predicted octanol–water partition coefficient (Wildman–Crippen LogP) is 2.90. The molecule has 0 bridgehead atoms. The Bertz CT molecular complexity index is 347. The summed E-state index contributed by atoms with van der Waals surface area (Å²) in [6, 6.07) is 12.1. The molecule has 0 saturated carbocycles. The summed E-state index contributed by atoms with van der Waals surface area (Å²) in [4.78, 5) is 2.60. The first kappa shape index (κ1) is 13.6. The molecule has 100 valence electrons. The van der Waals surface area contributed by atoms with Gasteiger partial charge in [-0.05, 0) is 17.9 Å². The van der Waals surface area contributed by atoms with E-state index in [1.807, 2.05) is 0 Å². The molecule has 1 saturated heterocycles. The number of hydrogen-bond donors (Lipinski definition) is 1. The molecule has 1 aromatic carbocycles. The Labute approximate surface area is 111 Å². The lowest BCUT2D eigenvalue weighted by Crippen LogP contribution is -2.57. The van der Waals surface area contributed by atoms with Crippen LogP contribution in [0.3, 0.4) is 0 Å². The van der Waals surface area contributed by atoms with Crippen LogP contribution in [0.25, 0.3) is 0 Å². The van der Waals surface area contributed by atoms with Crippen LogP contribution in [0.4, 0.5) is 0 Å². The third-order valence-electron chi connectivity index (χ3n) is 3.93. The fourth-order valence-electron chi connectivity index (χ4n) is 2.69. The molecule has 2 atom stereocenters. The summed E-state index contributed by atoms with van der Waals surface area (Å²) in [6.07, 6.45) is 1.22. The smallest absolute Gasteiger partial charge is 0.0235 e. The lowest BCUT2D eigenvalue weighted by molar-refractivity contribution is 0.130. The molecule has 1 aliphatic rings. The summed E-state index contributed by atoms with van der Waals surface area (Å²) in [5.41, 5.74) is 1.43. The average molecular weight is 246 g/mol. The second-order valence-corrected chi connectivity index (χ2v) is 5.80. The Balaban J connectivity index is 1.99. The maximum atomic E-state index is 3.78. The van der Waals surface area contributed by atoms with Crippen molar-refractivity contribution in [3.8, 4) is 0 Å². The van der Waals surface area contributed by atoms with Crippen LogP contribution in [0.5, 0.6) is 0 Å². The maximum Gasteiger partial charge on any atom is 0.0235 e. The predicted molar refractivity (Wildman–Crippen MR) is 77.6 cm³/mol. The number of nitrogens with one attached hydrogen (secondary N) is 1. The zero-order valence-electron chi connectivity index (χ0n) is 11.9. The van der Waals surface area contributed by atoms with Gasteiger partial charge in [0.1, 0.15) is 0 Å². The van der Waals surface area contributed by atoms with Crippen LogP contribution in [-0.4, -0.2) is 30.1 Å². The summed E-state index contributed by atoms with van der Waals surface area (Å²) in [5.74, 6) is 0.706. The monoisotopic (exact) mass is 246 g/mol. The Kier molecular flexibility index (Phi) is 4.79. The summed E-state index contributed by atoms with van der Waals surface area (Å²) >= 11 is 0. The summed E-state index contributed by atoms with van der Waals surface area (Å²) < 4.78 is 0. The second-order valence-electron chi connectivity index (χ2n) is 5.80. The second kappa shape index (κ2) is 6.35. The van der Waals surface area contributed by atoms with Gasteiger partial charge in [-0.25, -0.2) is 0 Å². The van der Waals surface area contributed by atoms with Crippen LogP contribution < -0.4 is 5.32 Å². The Morgan fingerprint density at radius 2 is 1.94 bits per heavy atom. The fraction of sp³-hybridized carbons (Fsp3) is 0.625. The third-order valence-corrected chi connectivity index (χ3v) is 3.93. The highest BCUT2D eigenvalue weighted by molar-refractivity contribution is 5.14. The maximum absolute atomic E-state index is 3.78. The fourth-order valence-corrected chi connectivity index (χ4v) is 2.69. The minimum absolute atomic E-state index is 0.632. The van der Waals surface area contributed by atoms with Crippen molar-refractivity contribution in [1.29, 1.82) is 0 Å². The number of piperazine rings is 1. The Morgan fingerprint density at radius 1 is 1.22 bits per heavy atom. The number of hydrogen-bond acceptors (Lipinski definition) is 2. The minimum atomic E-state index is 0.632. The molecular formula is C16H26N2. The van der Waals surface area contributed by atoms with Crippen molar-refractivity contribution < 1.29 is 0 Å². The van der Waals surface area contributed by atoms with E-state index in [0.29, 0.717) is 18.0 Å². The van der Waals surface area contributed by atoms with Gasteiger partial charge < -0.3 is 5.32 Å².